The fourth-order valence-corrected chi connectivity index (χ4v) is 4.18. The molecule has 144 valence electrons. The predicted octanol–water partition coefficient (Wildman–Crippen LogP) is 7.32. The van der Waals surface area contributed by atoms with Gasteiger partial charge >= 0.3 is 0 Å². The van der Waals surface area contributed by atoms with Crippen LogP contribution in [0.15, 0.2) is 11.8 Å². The Bertz CT molecular complexity index is 403. The lowest BCUT2D eigenvalue weighted by Gasteiger charge is -2.44. The van der Waals surface area contributed by atoms with Crippen LogP contribution < -0.4 is 0 Å². The van der Waals surface area contributed by atoms with Gasteiger partial charge in [0.1, 0.15) is 0 Å². The fourth-order valence-electron chi connectivity index (χ4n) is 4.18. The van der Waals surface area contributed by atoms with Gasteiger partial charge in [0.15, 0.2) is 0 Å². The molecule has 0 saturated carbocycles. The Morgan fingerprint density at radius 2 is 1.72 bits per heavy atom. The lowest BCUT2D eigenvalue weighted by Crippen LogP contribution is -2.45. The molecule has 0 N–H and O–H groups in total. The number of terminal acetylenes is 1. The van der Waals surface area contributed by atoms with Crippen molar-refractivity contribution in [3.05, 3.63) is 11.8 Å². The normalized spacial score (nSPS) is 19.1. The molecular formula is C24H43N. The van der Waals surface area contributed by atoms with Crippen molar-refractivity contribution in [1.82, 2.24) is 4.90 Å². The zero-order chi connectivity index (χ0) is 18.5. The lowest BCUT2D eigenvalue weighted by molar-refractivity contribution is 0.171. The Hall–Kier alpha value is -0.900. The average molecular weight is 346 g/mol. The van der Waals surface area contributed by atoms with Crippen LogP contribution in [0, 0.1) is 18.3 Å². The molecule has 3 unspecified atom stereocenters. The van der Waals surface area contributed by atoms with Crippen molar-refractivity contribution in [1.29, 1.82) is 0 Å². The van der Waals surface area contributed by atoms with Crippen LogP contribution in [-0.4, -0.2) is 17.0 Å². The highest BCUT2D eigenvalue weighted by Crippen LogP contribution is 2.32. The third-order valence-electron chi connectivity index (χ3n) is 5.96. The van der Waals surface area contributed by atoms with E-state index in [0.29, 0.717) is 12.1 Å². The summed E-state index contributed by atoms with van der Waals surface area (Å²) in [5.41, 5.74) is 1.68. The van der Waals surface area contributed by atoms with Gasteiger partial charge in [0.25, 0.3) is 0 Å². The van der Waals surface area contributed by atoms with E-state index in [-0.39, 0.29) is 0 Å². The van der Waals surface area contributed by atoms with E-state index in [9.17, 15) is 0 Å². The molecular weight excluding hydrogens is 302 g/mol. The first-order valence-corrected chi connectivity index (χ1v) is 11.0. The average Bonchev–Trinajstić information content (AvgIpc) is 2.61. The molecule has 3 atom stereocenters. The van der Waals surface area contributed by atoms with Gasteiger partial charge in [-0.1, -0.05) is 65.2 Å². The van der Waals surface area contributed by atoms with E-state index < -0.39 is 0 Å². The van der Waals surface area contributed by atoms with Gasteiger partial charge < -0.3 is 4.90 Å². The maximum atomic E-state index is 5.49. The summed E-state index contributed by atoms with van der Waals surface area (Å²) in [6, 6.07) is 1.31. The zero-order valence-electron chi connectivity index (χ0n) is 17.5. The van der Waals surface area contributed by atoms with Crippen LogP contribution in [0.25, 0.3) is 0 Å². The molecule has 0 radical (unpaired) electrons. The molecule has 1 heterocycles. The van der Waals surface area contributed by atoms with E-state index in [0.717, 1.165) is 12.3 Å². The van der Waals surface area contributed by atoms with Crippen LogP contribution in [0.4, 0.5) is 0 Å². The number of nitrogens with zero attached hydrogens (tertiary/aromatic N) is 1. The van der Waals surface area contributed by atoms with E-state index in [4.69, 9.17) is 6.42 Å². The Morgan fingerprint density at radius 1 is 1.04 bits per heavy atom. The highest BCUT2D eigenvalue weighted by molar-refractivity contribution is 5.21. The maximum absolute atomic E-state index is 5.49. The molecule has 0 aromatic carbocycles. The van der Waals surface area contributed by atoms with Crippen molar-refractivity contribution >= 4 is 0 Å². The number of hydrogen-bond acceptors (Lipinski definition) is 1. The number of rotatable bonds is 15. The number of hydrogen-bond donors (Lipinski definition) is 0. The van der Waals surface area contributed by atoms with Crippen molar-refractivity contribution < 1.29 is 0 Å². The molecule has 1 aliphatic rings. The first-order chi connectivity index (χ1) is 12.1. The third kappa shape index (κ3) is 8.35. The number of unbranched alkanes of at least 4 members (excludes halogenated alkanes) is 6. The van der Waals surface area contributed by atoms with Gasteiger partial charge in [0.05, 0.1) is 0 Å². The first kappa shape index (κ1) is 22.1. The van der Waals surface area contributed by atoms with Crippen molar-refractivity contribution in [3.63, 3.8) is 0 Å². The Balaban J connectivity index is 2.32. The largest absolute Gasteiger partial charge is 0.368 e. The van der Waals surface area contributed by atoms with Gasteiger partial charge in [-0.15, -0.1) is 12.3 Å². The molecule has 0 aromatic heterocycles. The van der Waals surface area contributed by atoms with Crippen molar-refractivity contribution in [2.75, 3.05) is 0 Å². The van der Waals surface area contributed by atoms with Gasteiger partial charge in [0.2, 0.25) is 0 Å². The molecule has 1 aliphatic heterocycles. The monoisotopic (exact) mass is 345 g/mol. The highest BCUT2D eigenvalue weighted by Gasteiger charge is 2.29. The van der Waals surface area contributed by atoms with Crippen molar-refractivity contribution in [2.24, 2.45) is 5.92 Å². The minimum absolute atomic E-state index is 0.655. The predicted molar refractivity (Wildman–Crippen MR) is 113 cm³/mol. The van der Waals surface area contributed by atoms with Gasteiger partial charge in [-0.05, 0) is 51.0 Å². The summed E-state index contributed by atoms with van der Waals surface area (Å²) in [4.78, 5) is 2.60. The summed E-state index contributed by atoms with van der Waals surface area (Å²) in [6.45, 7) is 9.38. The molecule has 0 bridgehead atoms. The molecule has 0 fully saturated rings. The minimum atomic E-state index is 0.655. The Morgan fingerprint density at radius 3 is 2.36 bits per heavy atom. The van der Waals surface area contributed by atoms with Crippen LogP contribution >= 0.6 is 0 Å². The quantitative estimate of drug-likeness (QED) is 0.222. The van der Waals surface area contributed by atoms with E-state index in [2.05, 4.69) is 44.7 Å². The smallest absolute Gasteiger partial charge is 0.0488 e. The standard InChI is InChI=1S/C24H43N/c1-6-9-12-13-14-15-18-24-20-25(22(24)5)21(4)19-23(16-10-7-2)17-11-8-3/h2,20-23H,6,8-19H2,1,3-5H3. The fraction of sp³-hybridized carbons (Fsp3) is 0.833. The van der Waals surface area contributed by atoms with E-state index in [1.807, 2.05) is 0 Å². The summed E-state index contributed by atoms with van der Waals surface area (Å²) in [6.07, 6.45) is 25.1. The van der Waals surface area contributed by atoms with Gasteiger partial charge in [-0.3, -0.25) is 0 Å². The van der Waals surface area contributed by atoms with Crippen LogP contribution in [0.2, 0.25) is 0 Å². The summed E-state index contributed by atoms with van der Waals surface area (Å²) >= 11 is 0. The molecule has 0 aliphatic carbocycles. The van der Waals surface area contributed by atoms with Gasteiger partial charge in [0, 0.05) is 24.7 Å². The van der Waals surface area contributed by atoms with Crippen LogP contribution in [0.3, 0.4) is 0 Å². The topological polar surface area (TPSA) is 3.24 Å². The summed E-state index contributed by atoms with van der Waals surface area (Å²) in [5, 5.41) is 0. The third-order valence-corrected chi connectivity index (χ3v) is 5.96. The van der Waals surface area contributed by atoms with E-state index in [1.165, 1.54) is 77.0 Å². The summed E-state index contributed by atoms with van der Waals surface area (Å²) < 4.78 is 0. The second-order valence-electron chi connectivity index (χ2n) is 8.18. The molecule has 0 saturated heterocycles. The van der Waals surface area contributed by atoms with Gasteiger partial charge in [-0.25, -0.2) is 0 Å². The lowest BCUT2D eigenvalue weighted by atomic mass is 9.87. The van der Waals surface area contributed by atoms with Crippen molar-refractivity contribution in [3.8, 4) is 12.3 Å². The second kappa shape index (κ2) is 13.3. The minimum Gasteiger partial charge on any atom is -0.368 e. The zero-order valence-corrected chi connectivity index (χ0v) is 17.5. The summed E-state index contributed by atoms with van der Waals surface area (Å²) in [7, 11) is 0. The van der Waals surface area contributed by atoms with Crippen LogP contribution in [0.1, 0.15) is 111 Å². The Labute approximate surface area is 158 Å². The van der Waals surface area contributed by atoms with Crippen LogP contribution in [0.5, 0.6) is 0 Å². The molecule has 1 rings (SSSR count). The SMILES string of the molecule is C#CCCC(CCCC)CC(C)N1C=C(CCCCCCCC)C1C. The summed E-state index contributed by atoms with van der Waals surface area (Å²) in [5.74, 6) is 3.64. The molecule has 1 heteroatoms. The van der Waals surface area contributed by atoms with E-state index in [1.54, 1.807) is 5.57 Å². The Kier molecular flexibility index (Phi) is 11.8. The van der Waals surface area contributed by atoms with E-state index >= 15 is 0 Å². The molecule has 1 nitrogen and oxygen atoms in total. The molecule has 0 aromatic rings. The molecule has 25 heavy (non-hydrogen) atoms. The first-order valence-electron chi connectivity index (χ1n) is 11.0. The molecule has 0 amide bonds. The second-order valence-corrected chi connectivity index (χ2v) is 8.18. The van der Waals surface area contributed by atoms with Crippen molar-refractivity contribution in [2.45, 2.75) is 123 Å². The van der Waals surface area contributed by atoms with Crippen LogP contribution in [-0.2, 0) is 0 Å². The maximum Gasteiger partial charge on any atom is 0.0488 e. The van der Waals surface area contributed by atoms with Gasteiger partial charge in [-0.2, -0.15) is 0 Å². The highest BCUT2D eigenvalue weighted by atomic mass is 15.2. The molecule has 0 spiro atoms.